The van der Waals surface area contributed by atoms with Gasteiger partial charge < -0.3 is 10.6 Å². The van der Waals surface area contributed by atoms with Crippen LogP contribution in [0.5, 0.6) is 0 Å². The molecular weight excluding hydrogens is 260 g/mol. The van der Waals surface area contributed by atoms with E-state index >= 15 is 0 Å². The number of likely N-dealkylation sites (tertiary alicyclic amines) is 1. The molecule has 2 unspecified atom stereocenters. The Labute approximate surface area is 111 Å². The summed E-state index contributed by atoms with van der Waals surface area (Å²) in [5.41, 5.74) is 6.19. The lowest BCUT2D eigenvalue weighted by atomic mass is 9.90. The summed E-state index contributed by atoms with van der Waals surface area (Å²) in [6, 6.07) is 0.142. The predicted octanol–water partition coefficient (Wildman–Crippen LogP) is 1.16. The molecule has 0 radical (unpaired) electrons. The molecule has 96 valence electrons. The van der Waals surface area contributed by atoms with E-state index in [9.17, 15) is 4.79 Å². The van der Waals surface area contributed by atoms with Crippen molar-refractivity contribution in [2.45, 2.75) is 25.8 Å². The third kappa shape index (κ3) is 2.94. The maximum absolute atomic E-state index is 12.2. The maximum atomic E-state index is 12.2. The summed E-state index contributed by atoms with van der Waals surface area (Å²) >= 11 is 1.06. The van der Waals surface area contributed by atoms with Crippen LogP contribution in [0.25, 0.3) is 0 Å². The Bertz CT molecular complexity index is 359. The van der Waals surface area contributed by atoms with Gasteiger partial charge in [0.2, 0.25) is 0 Å². The highest BCUT2D eigenvalue weighted by Crippen LogP contribution is 2.23. The van der Waals surface area contributed by atoms with Gasteiger partial charge in [-0.2, -0.15) is 8.75 Å². The molecule has 5 nitrogen and oxygen atoms in total. The first kappa shape index (κ1) is 14.3. The van der Waals surface area contributed by atoms with Crippen molar-refractivity contribution < 1.29 is 4.79 Å². The molecule has 2 atom stereocenters. The third-order valence-corrected chi connectivity index (χ3v) is 3.68. The average Bonchev–Trinajstić information content (AvgIpc) is 2.81. The number of nitrogens with zero attached hydrogens (tertiary/aromatic N) is 3. The first-order chi connectivity index (χ1) is 7.74. The van der Waals surface area contributed by atoms with Crippen molar-refractivity contribution in [3.63, 3.8) is 0 Å². The van der Waals surface area contributed by atoms with E-state index in [1.165, 1.54) is 6.20 Å². The van der Waals surface area contributed by atoms with Gasteiger partial charge in [0.25, 0.3) is 5.91 Å². The van der Waals surface area contributed by atoms with Crippen molar-refractivity contribution in [2.75, 3.05) is 13.1 Å². The summed E-state index contributed by atoms with van der Waals surface area (Å²) in [7, 11) is 0. The van der Waals surface area contributed by atoms with E-state index in [0.29, 0.717) is 18.2 Å². The number of rotatable bonds is 2. The van der Waals surface area contributed by atoms with Crippen molar-refractivity contribution in [1.29, 1.82) is 0 Å². The lowest BCUT2D eigenvalue weighted by Crippen LogP contribution is -2.51. The molecule has 17 heavy (non-hydrogen) atoms. The van der Waals surface area contributed by atoms with E-state index in [1.54, 1.807) is 0 Å². The van der Waals surface area contributed by atoms with E-state index < -0.39 is 0 Å². The quantitative estimate of drug-likeness (QED) is 0.880. The predicted molar refractivity (Wildman–Crippen MR) is 69.4 cm³/mol. The number of amides is 1. The second-order valence-electron chi connectivity index (χ2n) is 4.21. The van der Waals surface area contributed by atoms with Gasteiger partial charge in [-0.15, -0.1) is 12.4 Å². The summed E-state index contributed by atoms with van der Waals surface area (Å²) in [6.45, 7) is 3.45. The van der Waals surface area contributed by atoms with Crippen molar-refractivity contribution >= 4 is 30.0 Å². The molecule has 0 saturated carbocycles. The Morgan fingerprint density at radius 3 is 3.06 bits per heavy atom. The number of hydrogen-bond donors (Lipinski definition) is 1. The largest absolute Gasteiger partial charge is 0.333 e. The van der Waals surface area contributed by atoms with Crippen LogP contribution in [0.1, 0.15) is 30.3 Å². The second kappa shape index (κ2) is 6.28. The summed E-state index contributed by atoms with van der Waals surface area (Å²) in [5, 5.41) is 0. The van der Waals surface area contributed by atoms with E-state index in [4.69, 9.17) is 5.73 Å². The van der Waals surface area contributed by atoms with Gasteiger partial charge >= 0.3 is 0 Å². The number of piperidine rings is 1. The number of hydrogen-bond acceptors (Lipinski definition) is 5. The summed E-state index contributed by atoms with van der Waals surface area (Å²) in [4.78, 5) is 14.0. The molecule has 2 heterocycles. The summed E-state index contributed by atoms with van der Waals surface area (Å²) in [5.74, 6) is 0.435. The van der Waals surface area contributed by atoms with Gasteiger partial charge in [0.05, 0.1) is 17.9 Å². The zero-order valence-electron chi connectivity index (χ0n) is 9.70. The Hall–Kier alpha value is -0.720. The van der Waals surface area contributed by atoms with Crippen LogP contribution < -0.4 is 5.73 Å². The van der Waals surface area contributed by atoms with Crippen molar-refractivity contribution in [3.05, 3.63) is 11.9 Å². The SMILES string of the molecule is CC1CCCN(C(=O)c2cnsn2)C1CN.Cl. The fraction of sp³-hybridized carbons (Fsp3) is 0.700. The molecule has 1 aliphatic heterocycles. The molecule has 2 N–H and O–H groups in total. The van der Waals surface area contributed by atoms with Gasteiger partial charge in [-0.05, 0) is 18.8 Å². The van der Waals surface area contributed by atoms with Gasteiger partial charge in [0, 0.05) is 19.1 Å². The first-order valence-electron chi connectivity index (χ1n) is 5.52. The van der Waals surface area contributed by atoms with Gasteiger partial charge in [-0.3, -0.25) is 4.79 Å². The number of nitrogens with two attached hydrogens (primary N) is 1. The monoisotopic (exact) mass is 276 g/mol. The summed E-state index contributed by atoms with van der Waals surface area (Å²) in [6.07, 6.45) is 3.71. The maximum Gasteiger partial charge on any atom is 0.275 e. The van der Waals surface area contributed by atoms with Crippen LogP contribution in [0.2, 0.25) is 0 Å². The van der Waals surface area contributed by atoms with Gasteiger partial charge in [0.1, 0.15) is 0 Å². The number of aromatic nitrogens is 2. The van der Waals surface area contributed by atoms with Gasteiger partial charge in [-0.1, -0.05) is 6.92 Å². The van der Waals surface area contributed by atoms with Crippen LogP contribution in [0, 0.1) is 5.92 Å². The van der Waals surface area contributed by atoms with E-state index in [1.807, 2.05) is 4.90 Å². The van der Waals surface area contributed by atoms with Crippen LogP contribution in [0.3, 0.4) is 0 Å². The van der Waals surface area contributed by atoms with Crippen molar-refractivity contribution in [1.82, 2.24) is 13.6 Å². The lowest BCUT2D eigenvalue weighted by molar-refractivity contribution is 0.0527. The molecule has 1 aromatic heterocycles. The molecule has 1 aromatic rings. The molecule has 2 rings (SSSR count). The molecule has 0 aromatic carbocycles. The van der Waals surface area contributed by atoms with Crippen LogP contribution in [0.15, 0.2) is 6.20 Å². The normalized spacial score (nSPS) is 24.2. The Kier molecular flexibility index (Phi) is 5.30. The molecular formula is C10H17ClN4OS. The highest BCUT2D eigenvalue weighted by Gasteiger charge is 2.32. The van der Waals surface area contributed by atoms with Crippen LogP contribution in [-0.2, 0) is 0 Å². The van der Waals surface area contributed by atoms with Crippen LogP contribution in [0.4, 0.5) is 0 Å². The van der Waals surface area contributed by atoms with Gasteiger partial charge in [-0.25, -0.2) is 0 Å². The molecule has 1 fully saturated rings. The van der Waals surface area contributed by atoms with Crippen LogP contribution >= 0.6 is 24.1 Å². The van der Waals surface area contributed by atoms with Gasteiger partial charge in [0.15, 0.2) is 5.69 Å². The topological polar surface area (TPSA) is 72.1 Å². The molecule has 0 bridgehead atoms. The molecule has 0 aliphatic carbocycles. The van der Waals surface area contributed by atoms with E-state index in [-0.39, 0.29) is 24.4 Å². The second-order valence-corrected chi connectivity index (χ2v) is 4.77. The fourth-order valence-electron chi connectivity index (χ4n) is 2.27. The Morgan fingerprint density at radius 1 is 1.71 bits per heavy atom. The first-order valence-corrected chi connectivity index (χ1v) is 6.25. The number of halogens is 1. The van der Waals surface area contributed by atoms with E-state index in [2.05, 4.69) is 15.7 Å². The molecule has 0 spiro atoms. The Balaban J connectivity index is 0.00000144. The van der Waals surface area contributed by atoms with E-state index in [0.717, 1.165) is 31.1 Å². The molecule has 1 amide bonds. The molecule has 1 aliphatic rings. The van der Waals surface area contributed by atoms with Crippen LogP contribution in [-0.4, -0.2) is 38.7 Å². The smallest absolute Gasteiger partial charge is 0.275 e. The fourth-order valence-corrected chi connectivity index (χ4v) is 2.67. The van der Waals surface area contributed by atoms with Crippen molar-refractivity contribution in [3.8, 4) is 0 Å². The standard InChI is InChI=1S/C10H16N4OS.ClH/c1-7-3-2-4-14(9(7)5-11)10(15)8-6-12-16-13-8;/h6-7,9H,2-5,11H2,1H3;1H. The number of carbonyl (C=O) groups is 1. The minimum absolute atomic E-state index is 0. The summed E-state index contributed by atoms with van der Waals surface area (Å²) < 4.78 is 7.84. The molecule has 1 saturated heterocycles. The Morgan fingerprint density at radius 2 is 2.47 bits per heavy atom. The zero-order chi connectivity index (χ0) is 11.5. The highest BCUT2D eigenvalue weighted by molar-refractivity contribution is 6.99. The van der Waals surface area contributed by atoms with Crippen molar-refractivity contribution in [2.24, 2.45) is 11.7 Å². The minimum Gasteiger partial charge on any atom is -0.333 e. The zero-order valence-corrected chi connectivity index (χ0v) is 11.3. The highest BCUT2D eigenvalue weighted by atomic mass is 35.5. The molecule has 7 heteroatoms. The third-order valence-electron chi connectivity index (χ3n) is 3.20. The minimum atomic E-state index is -0.0317. The lowest BCUT2D eigenvalue weighted by Gasteiger charge is -2.39. The number of carbonyl (C=O) groups excluding carboxylic acids is 1. The average molecular weight is 277 g/mol.